The average Bonchev–Trinajstić information content (AvgIpc) is 3.80. The van der Waals surface area contributed by atoms with E-state index in [2.05, 4.69) is 20.1 Å². The van der Waals surface area contributed by atoms with Crippen molar-refractivity contribution in [3.8, 4) is 11.4 Å². The lowest BCUT2D eigenvalue weighted by Crippen LogP contribution is -2.38. The molecule has 0 radical (unpaired) electrons. The fraction of sp³-hybridized carbons (Fsp3) is 0.359. The van der Waals surface area contributed by atoms with Crippen LogP contribution in [-0.2, 0) is 33.7 Å². The molecule has 5 aromatic rings. The predicted octanol–water partition coefficient (Wildman–Crippen LogP) is 6.40. The van der Waals surface area contributed by atoms with Crippen LogP contribution in [-0.4, -0.2) is 58.9 Å². The first-order valence-electron chi connectivity index (χ1n) is 18.7. The van der Waals surface area contributed by atoms with Crippen molar-refractivity contribution in [3.05, 3.63) is 109 Å². The largest absolute Gasteiger partial charge is 0.490 e. The summed E-state index contributed by atoms with van der Waals surface area (Å²) in [7, 11) is -2.66. The molecule has 3 atom stereocenters. The smallest absolute Gasteiger partial charge is 0.293 e. The molecule has 21 heteroatoms. The number of rotatable bonds is 13. The molecule has 0 bridgehead atoms. The molecule has 0 saturated heterocycles. The molecule has 2 aromatic heterocycles. The van der Waals surface area contributed by atoms with Gasteiger partial charge in [0.2, 0.25) is 5.91 Å². The van der Waals surface area contributed by atoms with E-state index in [0.29, 0.717) is 16.5 Å². The van der Waals surface area contributed by atoms with Gasteiger partial charge < -0.3 is 21.1 Å². The number of sulfonamides is 1. The highest BCUT2D eigenvalue weighted by Crippen LogP contribution is 2.68. The van der Waals surface area contributed by atoms with Gasteiger partial charge in [-0.1, -0.05) is 11.6 Å². The van der Waals surface area contributed by atoms with Gasteiger partial charge in [-0.25, -0.2) is 31.0 Å². The van der Waals surface area contributed by atoms with Crippen molar-refractivity contribution in [2.45, 2.75) is 69.1 Å². The molecule has 2 heterocycles. The summed E-state index contributed by atoms with van der Waals surface area (Å²) in [6.45, 7) is -0.985. The van der Waals surface area contributed by atoms with E-state index in [0.717, 1.165) is 42.2 Å². The van der Waals surface area contributed by atoms with Crippen LogP contribution >= 0.6 is 11.6 Å². The summed E-state index contributed by atoms with van der Waals surface area (Å²) in [6.07, 6.45) is -0.376. The molecule has 3 aliphatic carbocycles. The van der Waals surface area contributed by atoms with Crippen LogP contribution in [0.4, 0.5) is 32.0 Å². The van der Waals surface area contributed by atoms with Gasteiger partial charge in [-0.3, -0.25) is 18.8 Å². The van der Waals surface area contributed by atoms with E-state index >= 15 is 8.78 Å². The van der Waals surface area contributed by atoms with Crippen molar-refractivity contribution < 1.29 is 44.3 Å². The Morgan fingerprint density at radius 3 is 2.47 bits per heavy atom. The number of fused-ring (bicyclic) bond motifs is 4. The Morgan fingerprint density at radius 1 is 1.12 bits per heavy atom. The number of anilines is 1. The highest BCUT2D eigenvalue weighted by atomic mass is 35.5. The summed E-state index contributed by atoms with van der Waals surface area (Å²) in [5, 5.41) is 9.18. The maximum absolute atomic E-state index is 15.5. The molecular formula is C39H35ClF6N8O5S. The van der Waals surface area contributed by atoms with Gasteiger partial charge in [0.05, 0.1) is 51.3 Å². The Hall–Kier alpha value is -5.63. The Kier molecular flexibility index (Phi) is 10.4. The Labute approximate surface area is 342 Å². The lowest BCUT2D eigenvalue weighted by atomic mass is 9.96. The predicted molar refractivity (Wildman–Crippen MR) is 209 cm³/mol. The number of hydrogen-bond donors (Lipinski definition) is 3. The maximum Gasteiger partial charge on any atom is 0.293 e. The minimum atomic E-state index is -4.08. The van der Waals surface area contributed by atoms with Gasteiger partial charge in [0.1, 0.15) is 47.0 Å². The fourth-order valence-electron chi connectivity index (χ4n) is 8.01. The average molecular weight is 877 g/mol. The van der Waals surface area contributed by atoms with Crippen molar-refractivity contribution in [3.63, 3.8) is 0 Å². The third-order valence-corrected chi connectivity index (χ3v) is 11.7. The number of nitrogens with zero attached hydrogens (tertiary/aromatic N) is 5. The van der Waals surface area contributed by atoms with Gasteiger partial charge in [0, 0.05) is 37.1 Å². The van der Waals surface area contributed by atoms with E-state index in [-0.39, 0.29) is 62.3 Å². The van der Waals surface area contributed by atoms with Gasteiger partial charge in [0.15, 0.2) is 0 Å². The highest BCUT2D eigenvalue weighted by molar-refractivity contribution is 7.89. The highest BCUT2D eigenvalue weighted by Gasteiger charge is 2.67. The van der Waals surface area contributed by atoms with Crippen LogP contribution in [0.25, 0.3) is 16.6 Å². The summed E-state index contributed by atoms with van der Waals surface area (Å²) >= 11 is 6.53. The monoisotopic (exact) mass is 876 g/mol. The van der Waals surface area contributed by atoms with E-state index in [1.54, 1.807) is 6.07 Å². The normalized spacial score (nSPS) is 18.9. The number of hydrogen-bond acceptors (Lipinski definition) is 8. The topological polar surface area (TPSA) is 176 Å². The molecule has 316 valence electrons. The molecule has 60 heavy (non-hydrogen) atoms. The fourth-order valence-corrected chi connectivity index (χ4v) is 8.71. The number of nitrogens with one attached hydrogen (secondary N) is 2. The number of nitrogens with two attached hydrogens (primary N) is 1. The second-order valence-electron chi connectivity index (χ2n) is 15.0. The van der Waals surface area contributed by atoms with Crippen LogP contribution in [0.3, 0.4) is 0 Å². The second-order valence-corrected chi connectivity index (χ2v) is 17.1. The molecular weight excluding hydrogens is 842 g/mol. The zero-order chi connectivity index (χ0) is 43.0. The molecule has 0 unspecified atom stereocenters. The number of alkyl halides is 4. The van der Waals surface area contributed by atoms with E-state index in [4.69, 9.17) is 27.1 Å². The molecule has 0 aliphatic heterocycles. The quantitative estimate of drug-likeness (QED) is 0.0687. The van der Waals surface area contributed by atoms with E-state index in [9.17, 15) is 35.6 Å². The number of ether oxygens (including phenoxy) is 1. The standard InChI is InChI=1S/C39H35ClF6N8O5S/c1-48-32-28(9-8-25(40)31(32)36(47)52-60(2,57)58)54-37(50-26-14-21(59-20-4-3-5-20)6-7-22(26)38(54)56)27(12-17-10-18(41)13-19(42)11-17)49-29(55)16-53-34-30(33(51-53)35(43)44)23-15-24(23)39(34,45)46/h6-11,13-14,20,23-24,27,35,48H,3-5,12,15-16H2,1-2H3,(H2,47,52)(H,49,55)/t23-,24+,27-/m0/s1. The summed E-state index contributed by atoms with van der Waals surface area (Å²) in [4.78, 5) is 33.7. The van der Waals surface area contributed by atoms with Crippen molar-refractivity contribution in [1.82, 2.24) is 24.6 Å². The second kappa shape index (κ2) is 15.1. The molecule has 13 nitrogen and oxygen atoms in total. The molecule has 4 N–H and O–H groups in total. The Balaban J connectivity index is 1.32. The third-order valence-electron chi connectivity index (χ3n) is 10.8. The summed E-state index contributed by atoms with van der Waals surface area (Å²) < 4.78 is 124. The number of aromatic nitrogens is 4. The Bertz CT molecular complexity index is 2780. The Morgan fingerprint density at radius 2 is 1.83 bits per heavy atom. The van der Waals surface area contributed by atoms with Gasteiger partial charge in [-0.15, -0.1) is 4.40 Å². The first-order chi connectivity index (χ1) is 28.3. The molecule has 3 aromatic carbocycles. The van der Waals surface area contributed by atoms with Crippen LogP contribution < -0.4 is 26.7 Å². The minimum Gasteiger partial charge on any atom is -0.490 e. The molecule has 3 aliphatic rings. The van der Waals surface area contributed by atoms with Gasteiger partial charge in [0.25, 0.3) is 27.9 Å². The van der Waals surface area contributed by atoms with E-state index in [1.165, 1.54) is 31.3 Å². The number of halogens is 7. The number of amidine groups is 1. The number of carbonyl (C=O) groups excluding carboxylic acids is 1. The minimum absolute atomic E-state index is 0.00473. The first kappa shape index (κ1) is 41.1. The summed E-state index contributed by atoms with van der Waals surface area (Å²) in [6, 6.07) is 8.24. The molecule has 2 fully saturated rings. The zero-order valence-corrected chi connectivity index (χ0v) is 33.2. The molecule has 8 rings (SSSR count). The van der Waals surface area contributed by atoms with Crippen molar-refractivity contribution in [2.75, 3.05) is 18.6 Å². The van der Waals surface area contributed by atoms with Gasteiger partial charge >= 0.3 is 0 Å². The number of amides is 1. The third kappa shape index (κ3) is 7.54. The first-order valence-corrected chi connectivity index (χ1v) is 20.9. The van der Waals surface area contributed by atoms with Gasteiger partial charge in [-0.2, -0.15) is 13.9 Å². The van der Waals surface area contributed by atoms with Crippen molar-refractivity contribution in [1.29, 1.82) is 0 Å². The van der Waals surface area contributed by atoms with Crippen LogP contribution in [0.1, 0.15) is 78.0 Å². The lowest BCUT2D eigenvalue weighted by molar-refractivity contribution is -0.123. The number of carbonyl (C=O) groups is 1. The zero-order valence-electron chi connectivity index (χ0n) is 31.7. The van der Waals surface area contributed by atoms with Crippen LogP contribution in [0.5, 0.6) is 5.75 Å². The van der Waals surface area contributed by atoms with Crippen molar-refractivity contribution in [2.24, 2.45) is 16.0 Å². The van der Waals surface area contributed by atoms with E-state index in [1.807, 2.05) is 0 Å². The summed E-state index contributed by atoms with van der Waals surface area (Å²) in [5.74, 6) is -9.07. The van der Waals surface area contributed by atoms with Crippen molar-refractivity contribution >= 4 is 50.0 Å². The van der Waals surface area contributed by atoms with Crippen LogP contribution in [0.2, 0.25) is 5.02 Å². The van der Waals surface area contributed by atoms with E-state index < -0.39 is 93.5 Å². The summed E-state index contributed by atoms with van der Waals surface area (Å²) in [5.41, 5.74) is 3.26. The number of benzene rings is 3. The van der Waals surface area contributed by atoms with Gasteiger partial charge in [-0.05, 0) is 73.6 Å². The molecule has 0 spiro atoms. The van der Waals surface area contributed by atoms with Crippen LogP contribution in [0, 0.1) is 17.6 Å². The van der Waals surface area contributed by atoms with Crippen LogP contribution in [0.15, 0.2) is 57.7 Å². The molecule has 1 amide bonds. The lowest BCUT2D eigenvalue weighted by Gasteiger charge is -2.27. The molecule has 2 saturated carbocycles. The maximum atomic E-state index is 15.5. The SMILES string of the molecule is CNc1c(-n2c([C@H](Cc3cc(F)cc(F)c3)NC(=O)Cn3nc(C(F)F)c4c3C(F)(F)[C@@H]3C[C@H]43)nc3cc(OC4CCC4)ccc3c2=O)ccc(Cl)c1C(N)=NS(C)(=O)=O.